The molecule has 0 saturated heterocycles. The minimum Gasteiger partial charge on any atom is -0.393 e. The van der Waals surface area contributed by atoms with Crippen LogP contribution >= 0.6 is 12.2 Å². The third kappa shape index (κ3) is 4.75. The maximum Gasteiger partial charge on any atom is 0.0733 e. The van der Waals surface area contributed by atoms with Gasteiger partial charge in [0.1, 0.15) is 0 Å². The topological polar surface area (TPSA) is 26.0 Å². The van der Waals surface area contributed by atoms with E-state index in [-0.39, 0.29) is 0 Å². The molecule has 1 atom stereocenters. The molecule has 88 valence electrons. The van der Waals surface area contributed by atoms with Gasteiger partial charge in [0.2, 0.25) is 0 Å². The highest BCUT2D eigenvalue weighted by Gasteiger charge is 2.11. The van der Waals surface area contributed by atoms with Gasteiger partial charge < -0.3 is 5.73 Å². The molecule has 0 aromatic heterocycles. The lowest BCUT2D eigenvalue weighted by Crippen LogP contribution is -2.13. The summed E-state index contributed by atoms with van der Waals surface area (Å²) in [6.07, 6.45) is 5.84. The zero-order valence-electron chi connectivity index (χ0n) is 9.99. The van der Waals surface area contributed by atoms with Crippen LogP contribution in [0.3, 0.4) is 0 Å². The minimum absolute atomic E-state index is 0.505. The average molecular weight is 235 g/mol. The normalized spacial score (nSPS) is 12.3. The zero-order valence-corrected chi connectivity index (χ0v) is 10.8. The SMILES string of the molecule is CCCCCC(CC(N)=S)c1ccccc1. The van der Waals surface area contributed by atoms with Crippen LogP contribution in [0.15, 0.2) is 30.3 Å². The first kappa shape index (κ1) is 13.2. The first-order valence-corrected chi connectivity index (χ1v) is 6.48. The smallest absolute Gasteiger partial charge is 0.0733 e. The van der Waals surface area contributed by atoms with Crippen molar-refractivity contribution in [2.24, 2.45) is 5.73 Å². The van der Waals surface area contributed by atoms with E-state index in [1.807, 2.05) is 6.07 Å². The second kappa shape index (κ2) is 7.39. The van der Waals surface area contributed by atoms with Crippen LogP contribution in [0.4, 0.5) is 0 Å². The van der Waals surface area contributed by atoms with Crippen molar-refractivity contribution in [3.05, 3.63) is 35.9 Å². The summed E-state index contributed by atoms with van der Waals surface area (Å²) in [4.78, 5) is 0.630. The van der Waals surface area contributed by atoms with E-state index in [1.54, 1.807) is 0 Å². The highest BCUT2D eigenvalue weighted by molar-refractivity contribution is 7.80. The van der Waals surface area contributed by atoms with E-state index >= 15 is 0 Å². The highest BCUT2D eigenvalue weighted by Crippen LogP contribution is 2.25. The summed E-state index contributed by atoms with van der Waals surface area (Å²) >= 11 is 5.03. The first-order valence-electron chi connectivity index (χ1n) is 6.07. The molecule has 2 heteroatoms. The van der Waals surface area contributed by atoms with Crippen molar-refractivity contribution in [3.63, 3.8) is 0 Å². The Morgan fingerprint density at radius 3 is 2.50 bits per heavy atom. The van der Waals surface area contributed by atoms with Crippen molar-refractivity contribution >= 4 is 17.2 Å². The van der Waals surface area contributed by atoms with E-state index in [4.69, 9.17) is 18.0 Å². The summed E-state index contributed by atoms with van der Waals surface area (Å²) < 4.78 is 0. The summed E-state index contributed by atoms with van der Waals surface area (Å²) in [6, 6.07) is 10.6. The molecule has 0 aliphatic carbocycles. The molecule has 0 spiro atoms. The predicted molar refractivity (Wildman–Crippen MR) is 74.7 cm³/mol. The molecule has 1 aromatic carbocycles. The maximum absolute atomic E-state index is 5.67. The standard InChI is InChI=1S/C14H21NS/c1-2-3-5-10-13(11-14(15)16)12-8-6-4-7-9-12/h4,6-9,13H,2-3,5,10-11H2,1H3,(H2,15,16). The molecular formula is C14H21NS. The van der Waals surface area contributed by atoms with Gasteiger partial charge in [0, 0.05) is 6.42 Å². The fraction of sp³-hybridized carbons (Fsp3) is 0.500. The van der Waals surface area contributed by atoms with Crippen LogP contribution in [-0.4, -0.2) is 4.99 Å². The molecule has 0 amide bonds. The molecule has 0 heterocycles. The Morgan fingerprint density at radius 1 is 1.25 bits per heavy atom. The van der Waals surface area contributed by atoms with Gasteiger partial charge in [0.15, 0.2) is 0 Å². The monoisotopic (exact) mass is 235 g/mol. The fourth-order valence-corrected chi connectivity index (χ4v) is 2.20. The number of unbranched alkanes of at least 4 members (excludes halogenated alkanes) is 2. The number of hydrogen-bond acceptors (Lipinski definition) is 1. The summed E-state index contributed by atoms with van der Waals surface area (Å²) in [5.74, 6) is 0.505. The molecule has 0 saturated carbocycles. The van der Waals surface area contributed by atoms with Crippen molar-refractivity contribution in [2.75, 3.05) is 0 Å². The van der Waals surface area contributed by atoms with Crippen molar-refractivity contribution in [1.29, 1.82) is 0 Å². The van der Waals surface area contributed by atoms with E-state index in [1.165, 1.54) is 31.2 Å². The van der Waals surface area contributed by atoms with Crippen LogP contribution in [0.2, 0.25) is 0 Å². The maximum atomic E-state index is 5.67. The minimum atomic E-state index is 0.505. The third-order valence-electron chi connectivity index (χ3n) is 2.87. The van der Waals surface area contributed by atoms with Gasteiger partial charge in [-0.05, 0) is 17.9 Å². The van der Waals surface area contributed by atoms with Gasteiger partial charge in [-0.15, -0.1) is 0 Å². The number of rotatable bonds is 7. The van der Waals surface area contributed by atoms with Crippen molar-refractivity contribution in [2.45, 2.75) is 44.9 Å². The van der Waals surface area contributed by atoms with Gasteiger partial charge in [-0.3, -0.25) is 0 Å². The van der Waals surface area contributed by atoms with Crippen LogP contribution in [0.25, 0.3) is 0 Å². The number of nitrogens with two attached hydrogens (primary N) is 1. The van der Waals surface area contributed by atoms with Crippen LogP contribution in [0, 0.1) is 0 Å². The van der Waals surface area contributed by atoms with E-state index in [2.05, 4.69) is 31.2 Å². The Balaban J connectivity index is 2.60. The average Bonchev–Trinajstić information content (AvgIpc) is 2.29. The second-order valence-corrected chi connectivity index (χ2v) is 4.80. The van der Waals surface area contributed by atoms with E-state index < -0.39 is 0 Å². The van der Waals surface area contributed by atoms with Gasteiger partial charge in [0.05, 0.1) is 4.99 Å². The Labute approximate surface area is 104 Å². The fourth-order valence-electron chi connectivity index (χ4n) is 2.00. The Morgan fingerprint density at radius 2 is 1.94 bits per heavy atom. The van der Waals surface area contributed by atoms with Crippen LogP contribution in [0.1, 0.15) is 50.5 Å². The molecular weight excluding hydrogens is 214 g/mol. The van der Waals surface area contributed by atoms with Crippen molar-refractivity contribution < 1.29 is 0 Å². The Bertz CT molecular complexity index is 308. The molecule has 0 aliphatic rings. The molecule has 16 heavy (non-hydrogen) atoms. The molecule has 1 aromatic rings. The van der Waals surface area contributed by atoms with Crippen molar-refractivity contribution in [3.8, 4) is 0 Å². The van der Waals surface area contributed by atoms with Gasteiger partial charge in [-0.25, -0.2) is 0 Å². The van der Waals surface area contributed by atoms with E-state index in [0.29, 0.717) is 10.9 Å². The molecule has 0 radical (unpaired) electrons. The lowest BCUT2D eigenvalue weighted by molar-refractivity contribution is 0.579. The predicted octanol–water partition coefficient (Wildman–Crippen LogP) is 4.03. The highest BCUT2D eigenvalue weighted by atomic mass is 32.1. The quantitative estimate of drug-likeness (QED) is 0.570. The molecule has 1 rings (SSSR count). The van der Waals surface area contributed by atoms with Crippen LogP contribution < -0.4 is 5.73 Å². The molecule has 0 fully saturated rings. The van der Waals surface area contributed by atoms with Gasteiger partial charge in [-0.1, -0.05) is 68.7 Å². The largest absolute Gasteiger partial charge is 0.393 e. The zero-order chi connectivity index (χ0) is 11.8. The number of hydrogen-bond donors (Lipinski definition) is 1. The summed E-state index contributed by atoms with van der Waals surface area (Å²) in [7, 11) is 0. The van der Waals surface area contributed by atoms with Gasteiger partial charge in [-0.2, -0.15) is 0 Å². The Hall–Kier alpha value is -0.890. The summed E-state index contributed by atoms with van der Waals surface area (Å²) in [5, 5.41) is 0. The Kier molecular flexibility index (Phi) is 6.09. The second-order valence-electron chi connectivity index (χ2n) is 4.27. The van der Waals surface area contributed by atoms with Gasteiger partial charge >= 0.3 is 0 Å². The number of thiocarbonyl (C=S) groups is 1. The summed E-state index contributed by atoms with van der Waals surface area (Å²) in [6.45, 7) is 2.23. The lowest BCUT2D eigenvalue weighted by atomic mass is 9.90. The van der Waals surface area contributed by atoms with Crippen LogP contribution in [0.5, 0.6) is 0 Å². The van der Waals surface area contributed by atoms with Gasteiger partial charge in [0.25, 0.3) is 0 Å². The third-order valence-corrected chi connectivity index (χ3v) is 3.04. The lowest BCUT2D eigenvalue weighted by Gasteiger charge is -2.16. The molecule has 0 aliphatic heterocycles. The number of benzene rings is 1. The molecule has 1 unspecified atom stereocenters. The summed E-state index contributed by atoms with van der Waals surface area (Å²) in [5.41, 5.74) is 7.03. The van der Waals surface area contributed by atoms with Crippen molar-refractivity contribution in [1.82, 2.24) is 0 Å². The van der Waals surface area contributed by atoms with E-state index in [0.717, 1.165) is 6.42 Å². The first-order chi connectivity index (χ1) is 7.74. The van der Waals surface area contributed by atoms with Crippen LogP contribution in [-0.2, 0) is 0 Å². The molecule has 1 nitrogen and oxygen atoms in total. The molecule has 0 bridgehead atoms. The molecule has 2 N–H and O–H groups in total. The van der Waals surface area contributed by atoms with E-state index in [9.17, 15) is 0 Å².